The summed E-state index contributed by atoms with van der Waals surface area (Å²) in [5.41, 5.74) is 0.988. The van der Waals surface area contributed by atoms with Crippen molar-refractivity contribution in [1.29, 1.82) is 0 Å². The Morgan fingerprint density at radius 1 is 1.23 bits per heavy atom. The molecular formula is C22H34BrN5O3. The summed E-state index contributed by atoms with van der Waals surface area (Å²) in [4.78, 5) is 29.1. The average molecular weight is 496 g/mol. The number of ether oxygens (including phenoxy) is 1. The van der Waals surface area contributed by atoms with E-state index in [9.17, 15) is 9.59 Å². The lowest BCUT2D eigenvalue weighted by Crippen LogP contribution is -2.39. The Hall–Kier alpha value is -2.42. The Morgan fingerprint density at radius 3 is 2.39 bits per heavy atom. The van der Waals surface area contributed by atoms with E-state index in [-0.39, 0.29) is 17.3 Å². The SMILES string of the molecule is Cc1cc(Br)ccc1C(CCNC(=O)OC(C)(C)C)NC(=O)C(C=NC(C)(C)C)=NN. The van der Waals surface area contributed by atoms with Crippen LogP contribution >= 0.6 is 15.9 Å². The lowest BCUT2D eigenvalue weighted by molar-refractivity contribution is -0.115. The monoisotopic (exact) mass is 495 g/mol. The molecule has 0 heterocycles. The number of hydrazone groups is 1. The van der Waals surface area contributed by atoms with Crippen LogP contribution in [0.5, 0.6) is 0 Å². The molecule has 31 heavy (non-hydrogen) atoms. The van der Waals surface area contributed by atoms with Crippen molar-refractivity contribution in [3.05, 3.63) is 33.8 Å². The van der Waals surface area contributed by atoms with Crippen LogP contribution in [0.3, 0.4) is 0 Å². The molecule has 0 fully saturated rings. The Balaban J connectivity index is 2.99. The second kappa shape index (κ2) is 11.3. The highest BCUT2D eigenvalue weighted by molar-refractivity contribution is 9.10. The third-order valence-electron chi connectivity index (χ3n) is 3.96. The number of nitrogens with one attached hydrogen (secondary N) is 2. The van der Waals surface area contributed by atoms with Gasteiger partial charge in [0.1, 0.15) is 5.60 Å². The number of hydrogen-bond acceptors (Lipinski definition) is 6. The van der Waals surface area contributed by atoms with Gasteiger partial charge in [-0.15, -0.1) is 0 Å². The van der Waals surface area contributed by atoms with Gasteiger partial charge in [0.05, 0.1) is 17.8 Å². The predicted molar refractivity (Wildman–Crippen MR) is 128 cm³/mol. The number of rotatable bonds is 7. The van der Waals surface area contributed by atoms with E-state index in [1.165, 1.54) is 6.21 Å². The number of aliphatic imine (C=N–C) groups is 1. The average Bonchev–Trinajstić information content (AvgIpc) is 2.59. The van der Waals surface area contributed by atoms with Gasteiger partial charge in [-0.2, -0.15) is 5.10 Å². The van der Waals surface area contributed by atoms with Gasteiger partial charge in [0.2, 0.25) is 0 Å². The van der Waals surface area contributed by atoms with E-state index in [0.29, 0.717) is 13.0 Å². The first-order valence-corrected chi connectivity index (χ1v) is 10.9. The molecule has 1 atom stereocenters. The molecule has 172 valence electrons. The van der Waals surface area contributed by atoms with E-state index < -0.39 is 17.6 Å². The molecule has 1 aromatic rings. The van der Waals surface area contributed by atoms with Crippen LogP contribution < -0.4 is 16.5 Å². The van der Waals surface area contributed by atoms with E-state index >= 15 is 0 Å². The second-order valence-electron chi connectivity index (χ2n) is 9.19. The maximum absolute atomic E-state index is 12.8. The molecule has 0 radical (unpaired) electrons. The molecule has 1 unspecified atom stereocenters. The molecule has 0 saturated heterocycles. The lowest BCUT2D eigenvalue weighted by atomic mass is 9.98. The number of carbonyl (C=O) groups excluding carboxylic acids is 2. The summed E-state index contributed by atoms with van der Waals surface area (Å²) in [6, 6.07) is 5.42. The van der Waals surface area contributed by atoms with Crippen LogP contribution in [-0.4, -0.2) is 41.6 Å². The van der Waals surface area contributed by atoms with Gasteiger partial charge in [-0.3, -0.25) is 9.79 Å². The van der Waals surface area contributed by atoms with Crippen molar-refractivity contribution in [2.75, 3.05) is 6.54 Å². The zero-order valence-electron chi connectivity index (χ0n) is 19.4. The molecule has 8 nitrogen and oxygen atoms in total. The smallest absolute Gasteiger partial charge is 0.407 e. The number of halogens is 1. The van der Waals surface area contributed by atoms with Crippen molar-refractivity contribution < 1.29 is 14.3 Å². The highest BCUT2D eigenvalue weighted by Gasteiger charge is 2.21. The molecule has 4 N–H and O–H groups in total. The van der Waals surface area contributed by atoms with Crippen molar-refractivity contribution in [3.8, 4) is 0 Å². The van der Waals surface area contributed by atoms with E-state index in [1.54, 1.807) is 20.8 Å². The topological polar surface area (TPSA) is 118 Å². The van der Waals surface area contributed by atoms with Crippen LogP contribution in [0.2, 0.25) is 0 Å². The van der Waals surface area contributed by atoms with Gasteiger partial charge in [0.25, 0.3) is 5.91 Å². The van der Waals surface area contributed by atoms with Crippen molar-refractivity contribution >= 4 is 39.9 Å². The molecule has 9 heteroatoms. The summed E-state index contributed by atoms with van der Waals surface area (Å²) < 4.78 is 6.21. The first-order chi connectivity index (χ1) is 14.2. The first-order valence-electron chi connectivity index (χ1n) is 10.1. The lowest BCUT2D eigenvalue weighted by Gasteiger charge is -2.23. The minimum atomic E-state index is -0.584. The number of benzene rings is 1. The normalized spacial score (nSPS) is 13.7. The van der Waals surface area contributed by atoms with Gasteiger partial charge in [-0.25, -0.2) is 4.79 Å². The fraction of sp³-hybridized carbons (Fsp3) is 0.545. The highest BCUT2D eigenvalue weighted by atomic mass is 79.9. The van der Waals surface area contributed by atoms with Crippen LogP contribution in [0.4, 0.5) is 4.79 Å². The maximum Gasteiger partial charge on any atom is 0.407 e. The predicted octanol–water partition coefficient (Wildman–Crippen LogP) is 4.01. The Kier molecular flexibility index (Phi) is 9.68. The van der Waals surface area contributed by atoms with Crippen molar-refractivity contribution in [2.45, 2.75) is 72.1 Å². The van der Waals surface area contributed by atoms with Crippen molar-refractivity contribution in [1.82, 2.24) is 10.6 Å². The summed E-state index contributed by atoms with van der Waals surface area (Å²) >= 11 is 3.46. The summed E-state index contributed by atoms with van der Waals surface area (Å²) in [6.45, 7) is 13.4. The van der Waals surface area contributed by atoms with Gasteiger partial charge in [0.15, 0.2) is 5.71 Å². The number of nitrogens with zero attached hydrogens (tertiary/aromatic N) is 2. The van der Waals surface area contributed by atoms with Crippen LogP contribution in [-0.2, 0) is 9.53 Å². The molecule has 0 aliphatic carbocycles. The van der Waals surface area contributed by atoms with Gasteiger partial charge in [0, 0.05) is 11.0 Å². The third-order valence-corrected chi connectivity index (χ3v) is 4.45. The third kappa shape index (κ3) is 10.4. The van der Waals surface area contributed by atoms with Gasteiger partial charge in [-0.1, -0.05) is 22.0 Å². The number of carbonyl (C=O) groups is 2. The molecule has 2 amide bonds. The molecule has 0 saturated carbocycles. The molecule has 1 aromatic carbocycles. The zero-order chi connectivity index (χ0) is 23.8. The fourth-order valence-corrected chi connectivity index (χ4v) is 3.08. The second-order valence-corrected chi connectivity index (χ2v) is 10.1. The van der Waals surface area contributed by atoms with Gasteiger partial charge < -0.3 is 21.2 Å². The summed E-state index contributed by atoms with van der Waals surface area (Å²) in [7, 11) is 0. The number of hydrogen-bond donors (Lipinski definition) is 3. The minimum absolute atomic E-state index is 0.0230. The van der Waals surface area contributed by atoms with Crippen LogP contribution in [0, 0.1) is 6.92 Å². The van der Waals surface area contributed by atoms with Crippen LogP contribution in [0.25, 0.3) is 0 Å². The molecular weight excluding hydrogens is 462 g/mol. The van der Waals surface area contributed by atoms with Crippen molar-refractivity contribution in [2.24, 2.45) is 15.9 Å². The molecule has 0 aliphatic heterocycles. The summed E-state index contributed by atoms with van der Waals surface area (Å²) in [5, 5.41) is 9.26. The van der Waals surface area contributed by atoms with E-state index in [0.717, 1.165) is 15.6 Å². The molecule has 1 rings (SSSR count). The van der Waals surface area contributed by atoms with E-state index in [4.69, 9.17) is 10.6 Å². The minimum Gasteiger partial charge on any atom is -0.444 e. The first kappa shape index (κ1) is 26.6. The van der Waals surface area contributed by atoms with E-state index in [1.807, 2.05) is 45.9 Å². The van der Waals surface area contributed by atoms with Crippen LogP contribution in [0.1, 0.15) is 65.1 Å². The number of aryl methyl sites for hydroxylation is 1. The summed E-state index contributed by atoms with van der Waals surface area (Å²) in [5.74, 6) is 4.98. The standard InChI is InChI=1S/C22H34BrN5O3/c1-14-12-15(23)8-9-16(14)17(10-11-25-20(30)31-22(5,6)7)27-19(29)18(28-24)13-26-21(2,3)4/h8-9,12-13,17H,10-11,24H2,1-7H3,(H,25,30)(H,27,29). The molecule has 0 aliphatic rings. The highest BCUT2D eigenvalue weighted by Crippen LogP contribution is 2.24. The number of nitrogens with two attached hydrogens (primary N) is 1. The zero-order valence-corrected chi connectivity index (χ0v) is 21.0. The number of amides is 2. The fourth-order valence-electron chi connectivity index (χ4n) is 2.61. The largest absolute Gasteiger partial charge is 0.444 e. The maximum atomic E-state index is 12.8. The quantitative estimate of drug-likeness (QED) is 0.300. The van der Waals surface area contributed by atoms with Crippen LogP contribution in [0.15, 0.2) is 32.8 Å². The van der Waals surface area contributed by atoms with Gasteiger partial charge >= 0.3 is 6.09 Å². The molecule has 0 bridgehead atoms. The Morgan fingerprint density at radius 2 is 1.87 bits per heavy atom. The van der Waals surface area contributed by atoms with Crippen molar-refractivity contribution in [3.63, 3.8) is 0 Å². The Bertz CT molecular complexity index is 839. The van der Waals surface area contributed by atoms with E-state index in [2.05, 4.69) is 36.7 Å². The number of alkyl carbamates (subject to hydrolysis) is 1. The Labute approximate surface area is 193 Å². The molecule has 0 spiro atoms. The molecule has 0 aromatic heterocycles. The van der Waals surface area contributed by atoms with Gasteiger partial charge in [-0.05, 0) is 78.1 Å². The summed E-state index contributed by atoms with van der Waals surface area (Å²) in [6.07, 6.45) is 1.31.